The highest BCUT2D eigenvalue weighted by molar-refractivity contribution is 6.32. The quantitative estimate of drug-likeness (QED) is 0.627. The molecule has 4 heteroatoms. The van der Waals surface area contributed by atoms with Crippen molar-refractivity contribution in [2.45, 2.75) is 33.1 Å². The molecular formula is C21H20ClNO2. The normalized spacial score (nSPS) is 11.7. The van der Waals surface area contributed by atoms with Crippen molar-refractivity contribution in [2.75, 3.05) is 0 Å². The van der Waals surface area contributed by atoms with Gasteiger partial charge in [-0.1, -0.05) is 62.7 Å². The minimum Gasteiger partial charge on any atom is -0.478 e. The summed E-state index contributed by atoms with van der Waals surface area (Å²) in [5.74, 6) is -0.971. The SMILES string of the molecule is Cc1c(Cl)ccc2c(C(=O)O)cc(-c3ccc(C(C)(C)C)cc3)nc12. The number of halogens is 1. The van der Waals surface area contributed by atoms with Crippen molar-refractivity contribution < 1.29 is 9.90 Å². The minimum atomic E-state index is -0.971. The van der Waals surface area contributed by atoms with Crippen LogP contribution in [0.25, 0.3) is 22.2 Å². The number of carbonyl (C=O) groups is 1. The zero-order valence-corrected chi connectivity index (χ0v) is 15.5. The molecule has 0 fully saturated rings. The second-order valence-electron chi connectivity index (χ2n) is 7.26. The highest BCUT2D eigenvalue weighted by Crippen LogP contribution is 2.31. The summed E-state index contributed by atoms with van der Waals surface area (Å²) in [7, 11) is 0. The maximum Gasteiger partial charge on any atom is 0.336 e. The van der Waals surface area contributed by atoms with Gasteiger partial charge in [-0.05, 0) is 35.6 Å². The number of rotatable bonds is 2. The van der Waals surface area contributed by atoms with E-state index < -0.39 is 5.97 Å². The molecule has 0 aliphatic carbocycles. The Bertz CT molecular complexity index is 970. The Hall–Kier alpha value is -2.39. The third kappa shape index (κ3) is 3.24. The van der Waals surface area contributed by atoms with Crippen molar-refractivity contribution in [2.24, 2.45) is 0 Å². The van der Waals surface area contributed by atoms with Gasteiger partial charge in [-0.2, -0.15) is 0 Å². The summed E-state index contributed by atoms with van der Waals surface area (Å²) in [6.45, 7) is 8.33. The van der Waals surface area contributed by atoms with E-state index in [4.69, 9.17) is 16.6 Å². The van der Waals surface area contributed by atoms with E-state index in [1.54, 1.807) is 18.2 Å². The number of aromatic carboxylic acids is 1. The second kappa shape index (κ2) is 6.16. The van der Waals surface area contributed by atoms with E-state index in [9.17, 15) is 9.90 Å². The largest absolute Gasteiger partial charge is 0.478 e. The summed E-state index contributed by atoms with van der Waals surface area (Å²) < 4.78 is 0. The third-order valence-corrected chi connectivity index (χ3v) is 4.85. The minimum absolute atomic E-state index is 0.0612. The van der Waals surface area contributed by atoms with E-state index in [0.29, 0.717) is 21.6 Å². The predicted octanol–water partition coefficient (Wildman–Crippen LogP) is 5.86. The van der Waals surface area contributed by atoms with Crippen LogP contribution in [0.3, 0.4) is 0 Å². The Morgan fingerprint density at radius 1 is 1.08 bits per heavy atom. The fourth-order valence-electron chi connectivity index (χ4n) is 2.87. The lowest BCUT2D eigenvalue weighted by atomic mass is 9.86. The molecule has 0 bridgehead atoms. The first-order chi connectivity index (χ1) is 11.7. The van der Waals surface area contributed by atoms with Crippen molar-refractivity contribution in [1.82, 2.24) is 4.98 Å². The maximum atomic E-state index is 11.7. The number of carboxylic acids is 1. The molecule has 3 nitrogen and oxygen atoms in total. The van der Waals surface area contributed by atoms with Gasteiger partial charge >= 0.3 is 5.97 Å². The molecule has 1 aromatic heterocycles. The molecule has 25 heavy (non-hydrogen) atoms. The van der Waals surface area contributed by atoms with E-state index in [-0.39, 0.29) is 11.0 Å². The highest BCUT2D eigenvalue weighted by atomic mass is 35.5. The highest BCUT2D eigenvalue weighted by Gasteiger charge is 2.17. The molecular weight excluding hydrogens is 334 g/mol. The van der Waals surface area contributed by atoms with Gasteiger partial charge in [0.15, 0.2) is 0 Å². The van der Waals surface area contributed by atoms with E-state index in [1.807, 2.05) is 19.1 Å². The molecule has 3 rings (SSSR count). The second-order valence-corrected chi connectivity index (χ2v) is 7.66. The average molecular weight is 354 g/mol. The van der Waals surface area contributed by atoms with Crippen molar-refractivity contribution >= 4 is 28.5 Å². The van der Waals surface area contributed by atoms with Crippen LogP contribution < -0.4 is 0 Å². The third-order valence-electron chi connectivity index (χ3n) is 4.45. The molecule has 1 heterocycles. The number of hydrogen-bond donors (Lipinski definition) is 1. The van der Waals surface area contributed by atoms with Crippen LogP contribution in [-0.4, -0.2) is 16.1 Å². The van der Waals surface area contributed by atoms with Gasteiger partial charge in [-0.25, -0.2) is 9.78 Å². The number of benzene rings is 2. The molecule has 0 spiro atoms. The first-order valence-corrected chi connectivity index (χ1v) is 8.50. The van der Waals surface area contributed by atoms with Gasteiger partial charge in [-0.15, -0.1) is 0 Å². The van der Waals surface area contributed by atoms with Crippen molar-refractivity contribution in [1.29, 1.82) is 0 Å². The van der Waals surface area contributed by atoms with Crippen LogP contribution in [-0.2, 0) is 5.41 Å². The van der Waals surface area contributed by atoms with Gasteiger partial charge < -0.3 is 5.11 Å². The molecule has 0 atom stereocenters. The van der Waals surface area contributed by atoms with Gasteiger partial charge in [0.1, 0.15) is 0 Å². The number of aromatic nitrogens is 1. The zero-order chi connectivity index (χ0) is 18.4. The molecule has 0 unspecified atom stereocenters. The maximum absolute atomic E-state index is 11.7. The molecule has 0 amide bonds. The summed E-state index contributed by atoms with van der Waals surface area (Å²) in [6.07, 6.45) is 0. The zero-order valence-electron chi connectivity index (χ0n) is 14.7. The Balaban J connectivity index is 2.23. The molecule has 128 valence electrons. The van der Waals surface area contributed by atoms with Crippen LogP contribution in [0.2, 0.25) is 5.02 Å². The summed E-state index contributed by atoms with van der Waals surface area (Å²) in [4.78, 5) is 16.4. The fraction of sp³-hybridized carbons (Fsp3) is 0.238. The first-order valence-electron chi connectivity index (χ1n) is 8.12. The molecule has 0 aliphatic heterocycles. The Morgan fingerprint density at radius 3 is 2.28 bits per heavy atom. The van der Waals surface area contributed by atoms with E-state index in [1.165, 1.54) is 5.56 Å². The summed E-state index contributed by atoms with van der Waals surface area (Å²) in [6, 6.07) is 13.2. The van der Waals surface area contributed by atoms with Crippen LogP contribution >= 0.6 is 11.6 Å². The van der Waals surface area contributed by atoms with Crippen LogP contribution in [0, 0.1) is 6.92 Å². The lowest BCUT2D eigenvalue weighted by molar-refractivity contribution is 0.0699. The summed E-state index contributed by atoms with van der Waals surface area (Å²) >= 11 is 6.20. The van der Waals surface area contributed by atoms with Crippen LogP contribution in [0.4, 0.5) is 0 Å². The van der Waals surface area contributed by atoms with Crippen LogP contribution in [0.15, 0.2) is 42.5 Å². The van der Waals surface area contributed by atoms with Gasteiger partial charge in [0.05, 0.1) is 16.8 Å². The average Bonchev–Trinajstić information content (AvgIpc) is 2.56. The number of fused-ring (bicyclic) bond motifs is 1. The fourth-order valence-corrected chi connectivity index (χ4v) is 3.02. The molecule has 0 radical (unpaired) electrons. The molecule has 1 N–H and O–H groups in total. The standard InChI is InChI=1S/C21H20ClNO2/c1-12-17(22)10-9-15-16(20(24)25)11-18(23-19(12)15)13-5-7-14(8-6-13)21(2,3)4/h5-11H,1-4H3,(H,24,25). The van der Waals surface area contributed by atoms with Gasteiger partial charge in [-0.3, -0.25) is 0 Å². The predicted molar refractivity (Wildman–Crippen MR) is 103 cm³/mol. The lowest BCUT2D eigenvalue weighted by Crippen LogP contribution is -2.10. The Morgan fingerprint density at radius 2 is 1.72 bits per heavy atom. The van der Waals surface area contributed by atoms with Crippen molar-refractivity contribution in [3.63, 3.8) is 0 Å². The molecule has 0 saturated heterocycles. The van der Waals surface area contributed by atoms with Gasteiger partial charge in [0.25, 0.3) is 0 Å². The smallest absolute Gasteiger partial charge is 0.336 e. The number of carboxylic acid groups (broad SMARTS) is 1. The number of nitrogens with zero attached hydrogens (tertiary/aromatic N) is 1. The van der Waals surface area contributed by atoms with E-state index in [0.717, 1.165) is 11.1 Å². The number of hydrogen-bond acceptors (Lipinski definition) is 2. The van der Waals surface area contributed by atoms with Gasteiger partial charge in [0, 0.05) is 16.0 Å². The molecule has 3 aromatic rings. The van der Waals surface area contributed by atoms with E-state index >= 15 is 0 Å². The molecule has 0 saturated carbocycles. The number of aryl methyl sites for hydroxylation is 1. The summed E-state index contributed by atoms with van der Waals surface area (Å²) in [5, 5.41) is 10.8. The Kier molecular flexibility index (Phi) is 4.29. The van der Waals surface area contributed by atoms with Crippen LogP contribution in [0.5, 0.6) is 0 Å². The Labute approximate surface area is 152 Å². The first kappa shape index (κ1) is 17.4. The molecule has 0 aliphatic rings. The van der Waals surface area contributed by atoms with Gasteiger partial charge in [0.2, 0.25) is 0 Å². The van der Waals surface area contributed by atoms with Crippen LogP contribution in [0.1, 0.15) is 42.3 Å². The van der Waals surface area contributed by atoms with E-state index in [2.05, 4.69) is 32.9 Å². The lowest BCUT2D eigenvalue weighted by Gasteiger charge is -2.19. The topological polar surface area (TPSA) is 50.2 Å². The molecule has 2 aromatic carbocycles. The monoisotopic (exact) mass is 353 g/mol. The van der Waals surface area contributed by atoms with Crippen molar-refractivity contribution in [3.05, 3.63) is 64.2 Å². The number of pyridine rings is 1. The van der Waals surface area contributed by atoms with Crippen molar-refractivity contribution in [3.8, 4) is 11.3 Å². The summed E-state index contributed by atoms with van der Waals surface area (Å²) in [5.41, 5.74) is 4.45.